The van der Waals surface area contributed by atoms with E-state index in [9.17, 15) is 0 Å². The Bertz CT molecular complexity index is 623. The lowest BCUT2D eigenvalue weighted by Gasteiger charge is -2.43. The average Bonchev–Trinajstić information content (AvgIpc) is 2.76. The van der Waals surface area contributed by atoms with Crippen molar-refractivity contribution in [3.05, 3.63) is 30.0 Å². The summed E-state index contributed by atoms with van der Waals surface area (Å²) in [5.74, 6) is 0. The fourth-order valence-electron chi connectivity index (χ4n) is 3.39. The van der Waals surface area contributed by atoms with E-state index in [0.717, 1.165) is 26.2 Å². The van der Waals surface area contributed by atoms with Gasteiger partial charge in [-0.2, -0.15) is 5.10 Å². The molecule has 1 fully saturated rings. The molecule has 4 heteroatoms. The molecule has 1 aliphatic heterocycles. The number of para-hydroxylation sites is 1. The van der Waals surface area contributed by atoms with Crippen molar-refractivity contribution >= 4 is 10.9 Å². The van der Waals surface area contributed by atoms with Gasteiger partial charge in [0, 0.05) is 44.7 Å². The maximum absolute atomic E-state index is 4.75. The second-order valence-corrected chi connectivity index (χ2v) is 7.14. The number of nitrogens with one attached hydrogen (secondary N) is 1. The first-order valence-electron chi connectivity index (χ1n) is 7.82. The summed E-state index contributed by atoms with van der Waals surface area (Å²) in [5, 5.41) is 9.57. The molecule has 4 nitrogen and oxygen atoms in total. The summed E-state index contributed by atoms with van der Waals surface area (Å²) in [6.07, 6.45) is 0. The van der Waals surface area contributed by atoms with Crippen molar-refractivity contribution in [1.29, 1.82) is 0 Å². The maximum atomic E-state index is 4.75. The third-order valence-electron chi connectivity index (χ3n) is 4.54. The van der Waals surface area contributed by atoms with Crippen LogP contribution in [0.1, 0.15) is 26.5 Å². The Hall–Kier alpha value is -1.39. The fraction of sp³-hybridized carbons (Fsp3) is 0.588. The van der Waals surface area contributed by atoms with E-state index in [1.807, 2.05) is 11.7 Å². The first-order valence-corrected chi connectivity index (χ1v) is 7.82. The molecule has 1 atom stereocenters. The standard InChI is InChI=1S/C17H26N4/c1-17(2,3)16-11-18-9-10-21(16)12-14-13-7-5-6-8-15(13)20(4)19-14/h5-8,16,18H,9-12H2,1-4H3. The van der Waals surface area contributed by atoms with Crippen LogP contribution in [0, 0.1) is 5.41 Å². The first kappa shape index (κ1) is 14.5. The van der Waals surface area contributed by atoms with Crippen LogP contribution in [0.4, 0.5) is 0 Å². The number of piperazine rings is 1. The van der Waals surface area contributed by atoms with Crippen LogP contribution in [-0.2, 0) is 13.6 Å². The lowest BCUT2D eigenvalue weighted by molar-refractivity contribution is 0.0680. The van der Waals surface area contributed by atoms with E-state index in [2.05, 4.69) is 55.3 Å². The van der Waals surface area contributed by atoms with Crippen LogP contribution in [-0.4, -0.2) is 40.4 Å². The van der Waals surface area contributed by atoms with Gasteiger partial charge < -0.3 is 5.32 Å². The molecule has 2 heterocycles. The van der Waals surface area contributed by atoms with E-state index < -0.39 is 0 Å². The minimum atomic E-state index is 0.276. The number of benzene rings is 1. The molecule has 114 valence electrons. The zero-order valence-electron chi connectivity index (χ0n) is 13.6. The molecule has 0 spiro atoms. The monoisotopic (exact) mass is 286 g/mol. The van der Waals surface area contributed by atoms with Gasteiger partial charge in [0.05, 0.1) is 11.2 Å². The number of aromatic nitrogens is 2. The Kier molecular flexibility index (Phi) is 3.76. The predicted molar refractivity (Wildman–Crippen MR) is 87.2 cm³/mol. The minimum Gasteiger partial charge on any atom is -0.314 e. The molecule has 1 aliphatic rings. The van der Waals surface area contributed by atoms with Crippen LogP contribution >= 0.6 is 0 Å². The van der Waals surface area contributed by atoms with Gasteiger partial charge in [0.2, 0.25) is 0 Å². The SMILES string of the molecule is Cn1nc(CN2CCNCC2C(C)(C)C)c2ccccc21. The molecule has 1 saturated heterocycles. The Morgan fingerprint density at radius 3 is 2.81 bits per heavy atom. The molecule has 0 amide bonds. The highest BCUT2D eigenvalue weighted by molar-refractivity contribution is 5.81. The van der Waals surface area contributed by atoms with Crippen LogP contribution in [0.15, 0.2) is 24.3 Å². The Morgan fingerprint density at radius 1 is 1.29 bits per heavy atom. The summed E-state index contributed by atoms with van der Waals surface area (Å²) in [6, 6.07) is 9.06. The van der Waals surface area contributed by atoms with E-state index >= 15 is 0 Å². The fourth-order valence-corrected chi connectivity index (χ4v) is 3.39. The molecule has 1 aromatic carbocycles. The first-order chi connectivity index (χ1) is 9.97. The zero-order valence-corrected chi connectivity index (χ0v) is 13.6. The summed E-state index contributed by atoms with van der Waals surface area (Å²) < 4.78 is 2.00. The van der Waals surface area contributed by atoms with E-state index in [1.165, 1.54) is 16.6 Å². The summed E-state index contributed by atoms with van der Waals surface area (Å²) in [7, 11) is 2.03. The van der Waals surface area contributed by atoms with Crippen LogP contribution in [0.5, 0.6) is 0 Å². The number of hydrogen-bond donors (Lipinski definition) is 1. The molecular weight excluding hydrogens is 260 g/mol. The molecule has 2 aromatic rings. The third-order valence-corrected chi connectivity index (χ3v) is 4.54. The van der Waals surface area contributed by atoms with Crippen LogP contribution in [0.25, 0.3) is 10.9 Å². The molecule has 0 radical (unpaired) electrons. The van der Waals surface area contributed by atoms with Gasteiger partial charge in [0.25, 0.3) is 0 Å². The summed E-state index contributed by atoms with van der Waals surface area (Å²) in [4.78, 5) is 2.59. The highest BCUT2D eigenvalue weighted by Gasteiger charge is 2.32. The third kappa shape index (κ3) is 2.83. The van der Waals surface area contributed by atoms with Crippen molar-refractivity contribution in [3.8, 4) is 0 Å². The second-order valence-electron chi connectivity index (χ2n) is 7.14. The molecule has 21 heavy (non-hydrogen) atoms. The van der Waals surface area contributed by atoms with Gasteiger partial charge >= 0.3 is 0 Å². The lowest BCUT2D eigenvalue weighted by atomic mass is 9.84. The molecule has 0 bridgehead atoms. The smallest absolute Gasteiger partial charge is 0.0843 e. The van der Waals surface area contributed by atoms with Crippen molar-refractivity contribution < 1.29 is 0 Å². The van der Waals surface area contributed by atoms with Crippen molar-refractivity contribution in [2.24, 2.45) is 12.5 Å². The quantitative estimate of drug-likeness (QED) is 0.920. The minimum absolute atomic E-state index is 0.276. The Labute approximate surface area is 127 Å². The van der Waals surface area contributed by atoms with Gasteiger partial charge in [-0.15, -0.1) is 0 Å². The van der Waals surface area contributed by atoms with Crippen molar-refractivity contribution in [1.82, 2.24) is 20.0 Å². The number of rotatable bonds is 2. The zero-order chi connectivity index (χ0) is 15.0. The second kappa shape index (κ2) is 5.43. The Balaban J connectivity index is 1.90. The van der Waals surface area contributed by atoms with Crippen LogP contribution in [0.3, 0.4) is 0 Å². The van der Waals surface area contributed by atoms with Gasteiger partial charge in [-0.3, -0.25) is 9.58 Å². The van der Waals surface area contributed by atoms with Crippen LogP contribution in [0.2, 0.25) is 0 Å². The number of nitrogens with zero attached hydrogens (tertiary/aromatic N) is 3. The lowest BCUT2D eigenvalue weighted by Crippen LogP contribution is -2.56. The molecule has 1 aromatic heterocycles. The molecular formula is C17H26N4. The maximum Gasteiger partial charge on any atom is 0.0843 e. The summed E-state index contributed by atoms with van der Waals surface area (Å²) in [6.45, 7) is 11.1. The van der Waals surface area contributed by atoms with Crippen LogP contribution < -0.4 is 5.32 Å². The highest BCUT2D eigenvalue weighted by atomic mass is 15.3. The highest BCUT2D eigenvalue weighted by Crippen LogP contribution is 2.28. The van der Waals surface area contributed by atoms with Crippen molar-refractivity contribution in [2.45, 2.75) is 33.4 Å². The van der Waals surface area contributed by atoms with Gasteiger partial charge in [-0.25, -0.2) is 0 Å². The Morgan fingerprint density at radius 2 is 2.05 bits per heavy atom. The number of aryl methyl sites for hydroxylation is 1. The van der Waals surface area contributed by atoms with Crippen molar-refractivity contribution in [3.63, 3.8) is 0 Å². The van der Waals surface area contributed by atoms with E-state index in [4.69, 9.17) is 5.10 Å². The molecule has 1 unspecified atom stereocenters. The largest absolute Gasteiger partial charge is 0.314 e. The molecule has 0 saturated carbocycles. The van der Waals surface area contributed by atoms with Gasteiger partial charge in [0.15, 0.2) is 0 Å². The molecule has 0 aliphatic carbocycles. The van der Waals surface area contributed by atoms with Gasteiger partial charge in [-0.1, -0.05) is 39.0 Å². The van der Waals surface area contributed by atoms with Gasteiger partial charge in [0.1, 0.15) is 0 Å². The number of fused-ring (bicyclic) bond motifs is 1. The van der Waals surface area contributed by atoms with E-state index in [-0.39, 0.29) is 5.41 Å². The van der Waals surface area contributed by atoms with E-state index in [0.29, 0.717) is 6.04 Å². The van der Waals surface area contributed by atoms with E-state index in [1.54, 1.807) is 0 Å². The summed E-state index contributed by atoms with van der Waals surface area (Å²) >= 11 is 0. The van der Waals surface area contributed by atoms with Crippen molar-refractivity contribution in [2.75, 3.05) is 19.6 Å². The predicted octanol–water partition coefficient (Wildman–Crippen LogP) is 2.39. The van der Waals surface area contributed by atoms with Gasteiger partial charge in [-0.05, 0) is 11.5 Å². The molecule has 1 N–H and O–H groups in total. The molecule has 3 rings (SSSR count). The normalized spacial score (nSPS) is 21.0. The summed E-state index contributed by atoms with van der Waals surface area (Å²) in [5.41, 5.74) is 2.69. The number of hydrogen-bond acceptors (Lipinski definition) is 3. The average molecular weight is 286 g/mol. The topological polar surface area (TPSA) is 33.1 Å².